The summed E-state index contributed by atoms with van der Waals surface area (Å²) in [4.78, 5) is 0. The van der Waals surface area contributed by atoms with Gasteiger partial charge in [0.2, 0.25) is 0 Å². The molecule has 2 rings (SSSR count). The summed E-state index contributed by atoms with van der Waals surface area (Å²) in [5, 5.41) is 0.272. The summed E-state index contributed by atoms with van der Waals surface area (Å²) < 4.78 is 38.2. The molecule has 0 bridgehead atoms. The number of hydrogen-bond acceptors (Lipinski definition) is 1. The maximum absolute atomic E-state index is 12.7. The van der Waals surface area contributed by atoms with Crippen LogP contribution in [0.1, 0.15) is 11.1 Å². The van der Waals surface area contributed by atoms with E-state index in [4.69, 9.17) is 17.3 Å². The van der Waals surface area contributed by atoms with Crippen molar-refractivity contribution in [1.82, 2.24) is 0 Å². The van der Waals surface area contributed by atoms with Crippen LogP contribution in [0, 0.1) is 0 Å². The Morgan fingerprint density at radius 2 is 1.68 bits per heavy atom. The van der Waals surface area contributed by atoms with Crippen molar-refractivity contribution in [2.45, 2.75) is 12.7 Å². The molecule has 2 aromatic rings. The van der Waals surface area contributed by atoms with E-state index in [9.17, 15) is 13.2 Å². The quantitative estimate of drug-likeness (QED) is 0.865. The Morgan fingerprint density at radius 3 is 2.32 bits per heavy atom. The lowest BCUT2D eigenvalue weighted by Gasteiger charge is -2.13. The number of hydrogen-bond donors (Lipinski definition) is 1. The topological polar surface area (TPSA) is 26.0 Å². The summed E-state index contributed by atoms with van der Waals surface area (Å²) in [6.45, 7) is 0.239. The third-order valence-corrected chi connectivity index (χ3v) is 3.15. The zero-order chi connectivity index (χ0) is 14.0. The van der Waals surface area contributed by atoms with E-state index in [2.05, 4.69) is 0 Å². The molecule has 100 valence electrons. The van der Waals surface area contributed by atoms with E-state index in [0.29, 0.717) is 11.1 Å². The molecule has 0 spiro atoms. The third kappa shape index (κ3) is 2.91. The lowest BCUT2D eigenvalue weighted by atomic mass is 9.98. The second-order valence-corrected chi connectivity index (χ2v) is 4.46. The molecule has 0 atom stereocenters. The summed E-state index contributed by atoms with van der Waals surface area (Å²) in [6, 6.07) is 10.3. The first-order valence-corrected chi connectivity index (χ1v) is 5.96. The van der Waals surface area contributed by atoms with Crippen molar-refractivity contribution in [2.75, 3.05) is 0 Å². The Labute approximate surface area is 113 Å². The van der Waals surface area contributed by atoms with Gasteiger partial charge in [-0.25, -0.2) is 0 Å². The minimum Gasteiger partial charge on any atom is -0.326 e. The maximum atomic E-state index is 12.7. The van der Waals surface area contributed by atoms with Gasteiger partial charge in [0.05, 0.1) is 5.56 Å². The smallest absolute Gasteiger partial charge is 0.326 e. The molecule has 0 fully saturated rings. The predicted molar refractivity (Wildman–Crippen MR) is 69.8 cm³/mol. The molecule has 0 saturated heterocycles. The SMILES string of the molecule is NCc1ccccc1-c1cc(C(F)(F)F)ccc1Cl. The average Bonchev–Trinajstić information content (AvgIpc) is 2.38. The van der Waals surface area contributed by atoms with Crippen molar-refractivity contribution < 1.29 is 13.2 Å². The first-order chi connectivity index (χ1) is 8.93. The summed E-state index contributed by atoms with van der Waals surface area (Å²) in [7, 11) is 0. The highest BCUT2D eigenvalue weighted by atomic mass is 35.5. The Kier molecular flexibility index (Phi) is 3.83. The predicted octanol–water partition coefficient (Wildman–Crippen LogP) is 4.48. The highest BCUT2D eigenvalue weighted by Gasteiger charge is 2.31. The molecule has 19 heavy (non-hydrogen) atoms. The van der Waals surface area contributed by atoms with Crippen LogP contribution in [0.4, 0.5) is 13.2 Å². The largest absolute Gasteiger partial charge is 0.416 e. The Morgan fingerprint density at radius 1 is 1.00 bits per heavy atom. The van der Waals surface area contributed by atoms with Crippen LogP contribution in [0.5, 0.6) is 0 Å². The maximum Gasteiger partial charge on any atom is 0.416 e. The van der Waals surface area contributed by atoms with Gasteiger partial charge in [0.15, 0.2) is 0 Å². The van der Waals surface area contributed by atoms with Crippen molar-refractivity contribution in [3.05, 3.63) is 58.6 Å². The molecule has 5 heteroatoms. The molecular formula is C14H11ClF3N. The monoisotopic (exact) mass is 285 g/mol. The van der Waals surface area contributed by atoms with E-state index in [0.717, 1.165) is 17.7 Å². The van der Waals surface area contributed by atoms with Crippen LogP contribution < -0.4 is 5.73 Å². The second-order valence-electron chi connectivity index (χ2n) is 4.05. The molecule has 0 aliphatic carbocycles. The zero-order valence-electron chi connectivity index (χ0n) is 9.84. The minimum absolute atomic E-state index is 0.239. The summed E-state index contributed by atoms with van der Waals surface area (Å²) >= 11 is 6.00. The van der Waals surface area contributed by atoms with Crippen molar-refractivity contribution in [2.24, 2.45) is 5.73 Å². The van der Waals surface area contributed by atoms with Crippen molar-refractivity contribution in [1.29, 1.82) is 0 Å². The summed E-state index contributed by atoms with van der Waals surface area (Å²) in [5.74, 6) is 0. The van der Waals surface area contributed by atoms with Crippen LogP contribution in [0.2, 0.25) is 5.02 Å². The normalized spacial score (nSPS) is 11.6. The Hall–Kier alpha value is -1.52. The van der Waals surface area contributed by atoms with Gasteiger partial charge in [0.1, 0.15) is 0 Å². The fourth-order valence-corrected chi connectivity index (χ4v) is 2.09. The van der Waals surface area contributed by atoms with E-state index in [-0.39, 0.29) is 11.6 Å². The van der Waals surface area contributed by atoms with E-state index in [1.807, 2.05) is 0 Å². The van der Waals surface area contributed by atoms with Crippen LogP contribution in [0.15, 0.2) is 42.5 Å². The first kappa shape index (κ1) is 13.9. The molecule has 0 aromatic heterocycles. The van der Waals surface area contributed by atoms with Gasteiger partial charge in [0.25, 0.3) is 0 Å². The highest BCUT2D eigenvalue weighted by Crippen LogP contribution is 2.36. The van der Waals surface area contributed by atoms with E-state index in [1.54, 1.807) is 24.3 Å². The molecule has 0 aliphatic rings. The average molecular weight is 286 g/mol. The van der Waals surface area contributed by atoms with Gasteiger partial charge in [-0.05, 0) is 29.3 Å². The number of alkyl halides is 3. The van der Waals surface area contributed by atoms with Crippen LogP contribution in [0.25, 0.3) is 11.1 Å². The van der Waals surface area contributed by atoms with E-state index < -0.39 is 11.7 Å². The van der Waals surface area contributed by atoms with Crippen LogP contribution in [-0.2, 0) is 12.7 Å². The number of benzene rings is 2. The van der Waals surface area contributed by atoms with Gasteiger partial charge < -0.3 is 5.73 Å². The summed E-state index contributed by atoms with van der Waals surface area (Å²) in [6.07, 6.45) is -4.39. The van der Waals surface area contributed by atoms with E-state index in [1.165, 1.54) is 6.07 Å². The molecule has 0 amide bonds. The lowest BCUT2D eigenvalue weighted by Crippen LogP contribution is -2.05. The molecule has 2 aromatic carbocycles. The molecule has 0 unspecified atom stereocenters. The van der Waals surface area contributed by atoms with Gasteiger partial charge >= 0.3 is 6.18 Å². The Balaban J connectivity index is 2.61. The fraction of sp³-hybridized carbons (Fsp3) is 0.143. The highest BCUT2D eigenvalue weighted by molar-refractivity contribution is 6.33. The standard InChI is InChI=1S/C14H11ClF3N/c15-13-6-5-10(14(16,17)18)7-12(13)11-4-2-1-3-9(11)8-19/h1-7H,8,19H2. The zero-order valence-corrected chi connectivity index (χ0v) is 10.6. The molecular weight excluding hydrogens is 275 g/mol. The first-order valence-electron chi connectivity index (χ1n) is 5.58. The van der Waals surface area contributed by atoms with Crippen LogP contribution in [0.3, 0.4) is 0 Å². The molecule has 0 aliphatic heterocycles. The fourth-order valence-electron chi connectivity index (χ4n) is 1.87. The van der Waals surface area contributed by atoms with E-state index >= 15 is 0 Å². The number of halogens is 4. The summed E-state index contributed by atoms with van der Waals surface area (Å²) in [5.41, 5.74) is 6.60. The number of nitrogens with two attached hydrogens (primary N) is 1. The minimum atomic E-state index is -4.39. The molecule has 0 radical (unpaired) electrons. The van der Waals surface area contributed by atoms with Gasteiger partial charge in [0, 0.05) is 17.1 Å². The van der Waals surface area contributed by atoms with Gasteiger partial charge in [-0.1, -0.05) is 35.9 Å². The third-order valence-electron chi connectivity index (χ3n) is 2.82. The molecule has 1 nitrogen and oxygen atoms in total. The van der Waals surface area contributed by atoms with Gasteiger partial charge in [-0.2, -0.15) is 13.2 Å². The van der Waals surface area contributed by atoms with Crippen molar-refractivity contribution in [3.8, 4) is 11.1 Å². The van der Waals surface area contributed by atoms with Crippen LogP contribution >= 0.6 is 11.6 Å². The Bertz CT molecular complexity index is 593. The molecule has 0 heterocycles. The molecule has 0 saturated carbocycles. The van der Waals surface area contributed by atoms with Crippen molar-refractivity contribution in [3.63, 3.8) is 0 Å². The van der Waals surface area contributed by atoms with Crippen molar-refractivity contribution >= 4 is 11.6 Å². The van der Waals surface area contributed by atoms with Gasteiger partial charge in [-0.15, -0.1) is 0 Å². The second kappa shape index (κ2) is 5.23. The van der Waals surface area contributed by atoms with Crippen LogP contribution in [-0.4, -0.2) is 0 Å². The molecule has 2 N–H and O–H groups in total. The lowest BCUT2D eigenvalue weighted by molar-refractivity contribution is -0.137. The van der Waals surface area contributed by atoms with Gasteiger partial charge in [-0.3, -0.25) is 0 Å². The number of rotatable bonds is 2.